The molecule has 1 saturated heterocycles. The lowest BCUT2D eigenvalue weighted by molar-refractivity contribution is 0.136. The number of hydrogen-bond acceptors (Lipinski definition) is 4. The van der Waals surface area contributed by atoms with Gasteiger partial charge in [-0.15, -0.1) is 0 Å². The van der Waals surface area contributed by atoms with Crippen molar-refractivity contribution in [1.82, 2.24) is 14.9 Å². The second-order valence-electron chi connectivity index (χ2n) is 6.62. The third kappa shape index (κ3) is 3.30. The molecule has 4 heteroatoms. The Bertz CT molecular complexity index is 447. The molecule has 0 amide bonds. The molecule has 102 valence electrons. The van der Waals surface area contributed by atoms with Crippen molar-refractivity contribution in [1.29, 1.82) is 5.26 Å². The molecule has 0 spiro atoms. The smallest absolute Gasteiger partial charge is 0.103 e. The Morgan fingerprint density at radius 1 is 1.32 bits per heavy atom. The van der Waals surface area contributed by atoms with Crippen molar-refractivity contribution in [2.24, 2.45) is 5.41 Å². The fourth-order valence-corrected chi connectivity index (χ4v) is 2.74. The maximum Gasteiger partial charge on any atom is 0.103 e. The molecule has 0 radical (unpaired) electrons. The van der Waals surface area contributed by atoms with Gasteiger partial charge in [0.05, 0.1) is 18.0 Å². The molecule has 0 saturated carbocycles. The molecule has 0 aliphatic carbocycles. The normalized spacial score (nSPS) is 19.9. The van der Waals surface area contributed by atoms with Crippen molar-refractivity contribution >= 4 is 0 Å². The molecule has 0 atom stereocenters. The molecule has 0 unspecified atom stereocenters. The molecule has 0 bridgehead atoms. The Balaban J connectivity index is 2.07. The predicted molar refractivity (Wildman–Crippen MR) is 74.5 cm³/mol. The SMILES string of the molecule is CC(C)(C)CN1CCC(C#N)(c2cnccn2)CC1. The number of nitrogens with zero attached hydrogens (tertiary/aromatic N) is 4. The van der Waals surface area contributed by atoms with Crippen molar-refractivity contribution < 1.29 is 0 Å². The first-order chi connectivity index (χ1) is 8.95. The summed E-state index contributed by atoms with van der Waals surface area (Å²) < 4.78 is 0. The van der Waals surface area contributed by atoms with Gasteiger partial charge in [-0.25, -0.2) is 0 Å². The van der Waals surface area contributed by atoms with E-state index in [1.807, 2.05) is 0 Å². The van der Waals surface area contributed by atoms with E-state index in [1.54, 1.807) is 18.6 Å². The summed E-state index contributed by atoms with van der Waals surface area (Å²) in [6, 6.07) is 2.49. The van der Waals surface area contributed by atoms with E-state index >= 15 is 0 Å². The largest absolute Gasteiger partial charge is 0.303 e. The molecule has 19 heavy (non-hydrogen) atoms. The van der Waals surface area contributed by atoms with Gasteiger partial charge < -0.3 is 4.90 Å². The Hall–Kier alpha value is -1.47. The molecule has 2 rings (SSSR count). The number of hydrogen-bond donors (Lipinski definition) is 0. The quantitative estimate of drug-likeness (QED) is 0.817. The third-order valence-electron chi connectivity index (χ3n) is 3.68. The van der Waals surface area contributed by atoms with Crippen LogP contribution in [0.15, 0.2) is 18.6 Å². The molecule has 0 aromatic carbocycles. The zero-order valence-corrected chi connectivity index (χ0v) is 12.1. The van der Waals surface area contributed by atoms with Crippen LogP contribution in [-0.4, -0.2) is 34.5 Å². The molecule has 4 nitrogen and oxygen atoms in total. The Labute approximate surface area is 115 Å². The van der Waals surface area contributed by atoms with Crippen LogP contribution in [0.1, 0.15) is 39.3 Å². The van der Waals surface area contributed by atoms with Gasteiger partial charge in [0, 0.05) is 32.0 Å². The number of likely N-dealkylation sites (tertiary alicyclic amines) is 1. The third-order valence-corrected chi connectivity index (χ3v) is 3.68. The number of piperidine rings is 1. The van der Waals surface area contributed by atoms with Crippen LogP contribution in [0.5, 0.6) is 0 Å². The Morgan fingerprint density at radius 3 is 2.47 bits per heavy atom. The average Bonchev–Trinajstić information content (AvgIpc) is 2.39. The van der Waals surface area contributed by atoms with Crippen molar-refractivity contribution in [2.45, 2.75) is 39.0 Å². The summed E-state index contributed by atoms with van der Waals surface area (Å²) in [5.41, 5.74) is 0.690. The zero-order valence-electron chi connectivity index (χ0n) is 12.1. The molecule has 1 aromatic rings. The van der Waals surface area contributed by atoms with Crippen LogP contribution in [0.3, 0.4) is 0 Å². The van der Waals surface area contributed by atoms with Crippen LogP contribution in [0.4, 0.5) is 0 Å². The van der Waals surface area contributed by atoms with Gasteiger partial charge in [-0.2, -0.15) is 5.26 Å². The standard InChI is InChI=1S/C15H22N4/c1-14(2,3)12-19-8-4-15(11-16,5-9-19)13-10-17-6-7-18-13/h6-7,10H,4-5,8-9,12H2,1-3H3. The summed E-state index contributed by atoms with van der Waals surface area (Å²) in [7, 11) is 0. The van der Waals surface area contributed by atoms with Crippen molar-refractivity contribution in [3.05, 3.63) is 24.3 Å². The monoisotopic (exact) mass is 258 g/mol. The number of aromatic nitrogens is 2. The van der Waals surface area contributed by atoms with Crippen LogP contribution >= 0.6 is 0 Å². The minimum atomic E-state index is -0.442. The van der Waals surface area contributed by atoms with Crippen molar-refractivity contribution in [2.75, 3.05) is 19.6 Å². The molecule has 1 aliphatic heterocycles. The summed E-state index contributed by atoms with van der Waals surface area (Å²) in [5, 5.41) is 9.58. The second kappa shape index (κ2) is 5.26. The van der Waals surface area contributed by atoms with Crippen molar-refractivity contribution in [3.8, 4) is 6.07 Å². The summed E-state index contributed by atoms with van der Waals surface area (Å²) in [6.45, 7) is 9.75. The van der Waals surface area contributed by atoms with E-state index in [4.69, 9.17) is 0 Å². The van der Waals surface area contributed by atoms with Gasteiger partial charge in [-0.1, -0.05) is 20.8 Å². The summed E-state index contributed by atoms with van der Waals surface area (Å²) >= 11 is 0. The van der Waals surface area contributed by atoms with Crippen LogP contribution in [0.25, 0.3) is 0 Å². The van der Waals surface area contributed by atoms with Gasteiger partial charge in [0.15, 0.2) is 0 Å². The molecule has 1 aromatic heterocycles. The van der Waals surface area contributed by atoms with Gasteiger partial charge >= 0.3 is 0 Å². The lowest BCUT2D eigenvalue weighted by Crippen LogP contribution is -2.45. The van der Waals surface area contributed by atoms with Crippen LogP contribution in [0.2, 0.25) is 0 Å². The van der Waals surface area contributed by atoms with E-state index < -0.39 is 5.41 Å². The second-order valence-corrected chi connectivity index (χ2v) is 6.62. The van der Waals surface area contributed by atoms with E-state index in [0.717, 1.165) is 38.2 Å². The summed E-state index contributed by atoms with van der Waals surface area (Å²) in [6.07, 6.45) is 6.76. The fraction of sp³-hybridized carbons (Fsp3) is 0.667. The number of rotatable bonds is 2. The van der Waals surface area contributed by atoms with E-state index in [0.29, 0.717) is 5.41 Å². The highest BCUT2D eigenvalue weighted by atomic mass is 15.1. The molecule has 1 fully saturated rings. The van der Waals surface area contributed by atoms with Gasteiger partial charge in [0.1, 0.15) is 5.41 Å². The highest BCUT2D eigenvalue weighted by Crippen LogP contribution is 2.34. The van der Waals surface area contributed by atoms with Gasteiger partial charge in [-0.3, -0.25) is 9.97 Å². The van der Waals surface area contributed by atoms with Gasteiger partial charge in [0.25, 0.3) is 0 Å². The Morgan fingerprint density at radius 2 is 2.00 bits per heavy atom. The van der Waals surface area contributed by atoms with Crippen LogP contribution < -0.4 is 0 Å². The predicted octanol–water partition coefficient (Wildman–Crippen LogP) is 2.38. The minimum Gasteiger partial charge on any atom is -0.303 e. The minimum absolute atomic E-state index is 0.305. The van der Waals surface area contributed by atoms with Crippen molar-refractivity contribution in [3.63, 3.8) is 0 Å². The maximum atomic E-state index is 9.58. The molecular weight excluding hydrogens is 236 g/mol. The highest BCUT2D eigenvalue weighted by molar-refractivity contribution is 5.25. The van der Waals surface area contributed by atoms with Crippen LogP contribution in [-0.2, 0) is 5.41 Å². The lowest BCUT2D eigenvalue weighted by atomic mass is 9.76. The number of nitriles is 1. The summed E-state index contributed by atoms with van der Waals surface area (Å²) in [4.78, 5) is 10.9. The Kier molecular flexibility index (Phi) is 3.86. The summed E-state index contributed by atoms with van der Waals surface area (Å²) in [5.74, 6) is 0. The fourth-order valence-electron chi connectivity index (χ4n) is 2.74. The van der Waals surface area contributed by atoms with Gasteiger partial charge in [0.2, 0.25) is 0 Å². The molecule has 1 aliphatic rings. The molecule has 2 heterocycles. The molecular formula is C15H22N4. The van der Waals surface area contributed by atoms with Gasteiger partial charge in [-0.05, 0) is 18.3 Å². The lowest BCUT2D eigenvalue weighted by Gasteiger charge is -2.39. The first kappa shape index (κ1) is 14.0. The first-order valence-corrected chi connectivity index (χ1v) is 6.85. The molecule has 0 N–H and O–H groups in total. The van der Waals surface area contributed by atoms with E-state index in [-0.39, 0.29) is 0 Å². The highest BCUT2D eigenvalue weighted by Gasteiger charge is 2.38. The zero-order chi connectivity index (χ0) is 13.9. The van der Waals surface area contributed by atoms with Crippen LogP contribution in [0, 0.1) is 16.7 Å². The topological polar surface area (TPSA) is 52.8 Å². The van der Waals surface area contributed by atoms with E-state index in [1.165, 1.54) is 0 Å². The first-order valence-electron chi connectivity index (χ1n) is 6.85. The van der Waals surface area contributed by atoms with E-state index in [9.17, 15) is 5.26 Å². The average molecular weight is 258 g/mol. The maximum absolute atomic E-state index is 9.58. The van der Waals surface area contributed by atoms with E-state index in [2.05, 4.69) is 41.7 Å².